The minimum absolute atomic E-state index is 0.0131. The molecule has 0 aromatic heterocycles. The fourth-order valence-corrected chi connectivity index (χ4v) is 2.83. The zero-order chi connectivity index (χ0) is 16.0. The van der Waals surface area contributed by atoms with Crippen LogP contribution < -0.4 is 4.74 Å². The summed E-state index contributed by atoms with van der Waals surface area (Å²) in [6, 6.07) is 6.69. The monoisotopic (exact) mass is 336 g/mol. The van der Waals surface area contributed by atoms with Crippen LogP contribution in [0, 0.1) is 0 Å². The van der Waals surface area contributed by atoms with Crippen LogP contribution in [0.4, 0.5) is 4.79 Å². The molecule has 0 amide bonds. The Bertz CT molecular complexity index is 857. The Morgan fingerprint density at radius 2 is 1.45 bits per heavy atom. The molecule has 0 spiro atoms. The first-order valence-electron chi connectivity index (χ1n) is 6.02. The molecule has 1 N–H and O–H groups in total. The first-order valence-corrected chi connectivity index (χ1v) is 6.78. The molecule has 0 unspecified atom stereocenters. The molecule has 0 radical (unpaired) electrons. The molecule has 7 heteroatoms. The van der Waals surface area contributed by atoms with E-state index in [-0.39, 0.29) is 38.0 Å². The molecular weight excluding hydrogens is 331 g/mol. The summed E-state index contributed by atoms with van der Waals surface area (Å²) in [4.78, 5) is 35.6. The molecule has 5 nitrogen and oxygen atoms in total. The quantitative estimate of drug-likeness (QED) is 0.539. The Morgan fingerprint density at radius 1 is 0.909 bits per heavy atom. The number of benzene rings is 2. The SMILES string of the molecule is O=C(O)Oc1ccc2c(c1)C(=O)c1c(Cl)ccc(Cl)c1C2=O. The van der Waals surface area contributed by atoms with E-state index in [2.05, 4.69) is 4.74 Å². The van der Waals surface area contributed by atoms with E-state index in [1.165, 1.54) is 30.3 Å². The van der Waals surface area contributed by atoms with Gasteiger partial charge < -0.3 is 9.84 Å². The van der Waals surface area contributed by atoms with E-state index in [4.69, 9.17) is 28.3 Å². The minimum Gasteiger partial charge on any atom is -0.449 e. The Balaban J connectivity index is 2.23. The van der Waals surface area contributed by atoms with Crippen LogP contribution in [0.25, 0.3) is 0 Å². The standard InChI is InChI=1S/C15H6Cl2O5/c16-9-3-4-10(17)12-11(9)13(18)7-2-1-6(22-15(20)21)5-8(7)14(12)19/h1-5H,(H,20,21). The number of carboxylic acid groups (broad SMARTS) is 1. The summed E-state index contributed by atoms with van der Waals surface area (Å²) < 4.78 is 4.50. The smallest absolute Gasteiger partial charge is 0.449 e. The molecule has 0 fully saturated rings. The summed E-state index contributed by atoms with van der Waals surface area (Å²) in [5, 5.41) is 8.85. The molecule has 0 aliphatic heterocycles. The first-order chi connectivity index (χ1) is 10.4. The van der Waals surface area contributed by atoms with Gasteiger partial charge in [-0.3, -0.25) is 9.59 Å². The van der Waals surface area contributed by atoms with Crippen LogP contribution in [-0.4, -0.2) is 22.8 Å². The number of carbonyl (C=O) groups is 3. The highest BCUT2D eigenvalue weighted by molar-refractivity contribution is 6.43. The van der Waals surface area contributed by atoms with Crippen LogP contribution in [0.1, 0.15) is 31.8 Å². The van der Waals surface area contributed by atoms with Gasteiger partial charge in [-0.15, -0.1) is 0 Å². The van der Waals surface area contributed by atoms with E-state index in [0.29, 0.717) is 0 Å². The molecular formula is C15H6Cl2O5. The third-order valence-electron chi connectivity index (χ3n) is 3.24. The van der Waals surface area contributed by atoms with E-state index >= 15 is 0 Å². The van der Waals surface area contributed by atoms with Crippen molar-refractivity contribution in [3.8, 4) is 5.75 Å². The maximum atomic E-state index is 12.6. The molecule has 2 aromatic carbocycles. The van der Waals surface area contributed by atoms with Gasteiger partial charge in [0.1, 0.15) is 5.75 Å². The summed E-state index contributed by atoms with van der Waals surface area (Å²) in [7, 11) is 0. The largest absolute Gasteiger partial charge is 0.511 e. The van der Waals surface area contributed by atoms with Crippen molar-refractivity contribution in [3.05, 3.63) is 62.6 Å². The molecule has 0 heterocycles. The number of halogens is 2. The van der Waals surface area contributed by atoms with E-state index in [1.54, 1.807) is 0 Å². The number of hydrogen-bond acceptors (Lipinski definition) is 4. The highest BCUT2D eigenvalue weighted by atomic mass is 35.5. The van der Waals surface area contributed by atoms with Gasteiger partial charge in [-0.05, 0) is 30.3 Å². The Morgan fingerprint density at radius 3 is 2.00 bits per heavy atom. The number of ether oxygens (including phenoxy) is 1. The van der Waals surface area contributed by atoms with Gasteiger partial charge in [-0.25, -0.2) is 4.79 Å². The second-order valence-electron chi connectivity index (χ2n) is 4.51. The molecule has 2 aromatic rings. The van der Waals surface area contributed by atoms with Gasteiger partial charge in [0.05, 0.1) is 21.2 Å². The van der Waals surface area contributed by atoms with Crippen LogP contribution in [0.15, 0.2) is 30.3 Å². The van der Waals surface area contributed by atoms with Gasteiger partial charge in [0.2, 0.25) is 0 Å². The topological polar surface area (TPSA) is 80.7 Å². The lowest BCUT2D eigenvalue weighted by molar-refractivity contribution is 0.0978. The molecule has 3 rings (SSSR count). The molecule has 0 saturated carbocycles. The van der Waals surface area contributed by atoms with Crippen LogP contribution in [-0.2, 0) is 0 Å². The molecule has 0 saturated heterocycles. The van der Waals surface area contributed by atoms with Gasteiger partial charge in [0, 0.05) is 11.1 Å². The van der Waals surface area contributed by atoms with E-state index < -0.39 is 17.7 Å². The van der Waals surface area contributed by atoms with Crippen molar-refractivity contribution in [1.82, 2.24) is 0 Å². The Hall–Kier alpha value is -2.37. The molecule has 0 atom stereocenters. The number of rotatable bonds is 1. The van der Waals surface area contributed by atoms with E-state index in [0.717, 1.165) is 0 Å². The average Bonchev–Trinajstić information content (AvgIpc) is 2.46. The minimum atomic E-state index is -1.52. The predicted molar refractivity (Wildman–Crippen MR) is 78.4 cm³/mol. The van der Waals surface area contributed by atoms with Crippen LogP contribution in [0.3, 0.4) is 0 Å². The van der Waals surface area contributed by atoms with Crippen LogP contribution in [0.5, 0.6) is 5.75 Å². The van der Waals surface area contributed by atoms with E-state index in [1.807, 2.05) is 0 Å². The van der Waals surface area contributed by atoms with Crippen molar-refractivity contribution in [2.24, 2.45) is 0 Å². The highest BCUT2D eigenvalue weighted by Crippen LogP contribution is 2.37. The van der Waals surface area contributed by atoms with Crippen LogP contribution >= 0.6 is 23.2 Å². The van der Waals surface area contributed by atoms with Gasteiger partial charge in [0.15, 0.2) is 11.6 Å². The molecule has 0 bridgehead atoms. The second kappa shape index (κ2) is 5.12. The summed E-state index contributed by atoms with van der Waals surface area (Å²) >= 11 is 12.0. The third kappa shape index (κ3) is 2.15. The van der Waals surface area contributed by atoms with Crippen molar-refractivity contribution in [3.63, 3.8) is 0 Å². The number of fused-ring (bicyclic) bond motifs is 2. The van der Waals surface area contributed by atoms with Crippen molar-refractivity contribution in [2.75, 3.05) is 0 Å². The Kier molecular flexibility index (Phi) is 3.39. The average molecular weight is 337 g/mol. The molecule has 22 heavy (non-hydrogen) atoms. The zero-order valence-corrected chi connectivity index (χ0v) is 12.2. The van der Waals surface area contributed by atoms with Crippen molar-refractivity contribution in [2.45, 2.75) is 0 Å². The summed E-state index contributed by atoms with van der Waals surface area (Å²) in [5.74, 6) is -1.01. The second-order valence-corrected chi connectivity index (χ2v) is 5.33. The normalized spacial score (nSPS) is 12.6. The summed E-state index contributed by atoms with van der Waals surface area (Å²) in [6.07, 6.45) is -1.52. The maximum absolute atomic E-state index is 12.6. The molecule has 1 aliphatic rings. The van der Waals surface area contributed by atoms with Crippen LogP contribution in [0.2, 0.25) is 10.0 Å². The third-order valence-corrected chi connectivity index (χ3v) is 3.87. The number of ketones is 2. The fraction of sp³-hybridized carbons (Fsp3) is 0. The predicted octanol–water partition coefficient (Wildman–Crippen LogP) is 3.83. The zero-order valence-electron chi connectivity index (χ0n) is 10.7. The van der Waals surface area contributed by atoms with Crippen molar-refractivity contribution < 1.29 is 24.2 Å². The van der Waals surface area contributed by atoms with Gasteiger partial charge in [0.25, 0.3) is 0 Å². The lowest BCUT2D eigenvalue weighted by atomic mass is 9.84. The summed E-state index contributed by atoms with van der Waals surface area (Å²) in [6.45, 7) is 0. The fourth-order valence-electron chi connectivity index (χ4n) is 2.34. The number of carbonyl (C=O) groups excluding carboxylic acids is 2. The summed E-state index contributed by atoms with van der Waals surface area (Å²) in [5.41, 5.74) is 0.220. The lowest BCUT2D eigenvalue weighted by Crippen LogP contribution is -2.22. The highest BCUT2D eigenvalue weighted by Gasteiger charge is 2.33. The van der Waals surface area contributed by atoms with Crippen molar-refractivity contribution >= 4 is 40.9 Å². The van der Waals surface area contributed by atoms with Crippen molar-refractivity contribution in [1.29, 1.82) is 0 Å². The lowest BCUT2D eigenvalue weighted by Gasteiger charge is -2.19. The van der Waals surface area contributed by atoms with E-state index in [9.17, 15) is 14.4 Å². The first kappa shape index (κ1) is 14.6. The van der Waals surface area contributed by atoms with Gasteiger partial charge >= 0.3 is 6.16 Å². The Labute approximate surface area is 134 Å². The maximum Gasteiger partial charge on any atom is 0.511 e. The number of hydrogen-bond donors (Lipinski definition) is 1. The van der Waals surface area contributed by atoms with Gasteiger partial charge in [-0.2, -0.15) is 0 Å². The molecule has 1 aliphatic carbocycles. The van der Waals surface area contributed by atoms with Gasteiger partial charge in [-0.1, -0.05) is 23.2 Å². The molecule has 110 valence electrons.